The molecule has 0 spiro atoms. The van der Waals surface area contributed by atoms with Crippen molar-refractivity contribution in [1.82, 2.24) is 0 Å². The van der Waals surface area contributed by atoms with Gasteiger partial charge in [-0.25, -0.2) is 0 Å². The molecule has 0 amide bonds. The summed E-state index contributed by atoms with van der Waals surface area (Å²) >= 11 is 0. The molecule has 0 fully saturated rings. The number of hydrogen-bond acceptors (Lipinski definition) is 0. The quantitative estimate of drug-likeness (QED) is 0.516. The first kappa shape index (κ1) is 21.7. The minimum absolute atomic E-state index is 0.108. The monoisotopic (exact) mass is 364 g/mol. The summed E-state index contributed by atoms with van der Waals surface area (Å²) in [5, 5.41) is 0. The second kappa shape index (κ2) is 7.46. The number of rotatable bonds is 3. The predicted molar refractivity (Wildman–Crippen MR) is 121 cm³/mol. The normalized spacial score (nSPS) is 14.3. The molecule has 0 saturated heterocycles. The van der Waals surface area contributed by atoms with E-state index in [2.05, 4.69) is 112 Å². The van der Waals surface area contributed by atoms with Crippen molar-refractivity contribution >= 4 is 0 Å². The molecule has 1 unspecified atom stereocenters. The molecule has 0 heteroatoms. The molecule has 2 aromatic carbocycles. The van der Waals surface area contributed by atoms with E-state index in [4.69, 9.17) is 0 Å². The number of benzene rings is 2. The third-order valence-corrected chi connectivity index (χ3v) is 5.58. The molecule has 2 aromatic rings. The zero-order valence-electron chi connectivity index (χ0n) is 19.3. The maximum absolute atomic E-state index is 2.51. The van der Waals surface area contributed by atoms with Crippen molar-refractivity contribution in [2.75, 3.05) is 0 Å². The van der Waals surface area contributed by atoms with E-state index in [1.165, 1.54) is 22.3 Å². The molecule has 0 aliphatic heterocycles. The van der Waals surface area contributed by atoms with Gasteiger partial charge in [0.15, 0.2) is 0 Å². The van der Waals surface area contributed by atoms with Gasteiger partial charge in [-0.2, -0.15) is 0 Å². The van der Waals surface area contributed by atoms with Gasteiger partial charge in [-0.3, -0.25) is 0 Å². The second-order valence-electron chi connectivity index (χ2n) is 11.1. The van der Waals surface area contributed by atoms with E-state index in [0.29, 0.717) is 5.92 Å². The second-order valence-corrected chi connectivity index (χ2v) is 11.1. The van der Waals surface area contributed by atoms with E-state index < -0.39 is 0 Å². The molecule has 0 aliphatic carbocycles. The molecule has 0 N–H and O–H groups in total. The van der Waals surface area contributed by atoms with Crippen LogP contribution >= 0.6 is 0 Å². The minimum Gasteiger partial charge on any atom is -0.0645 e. The van der Waals surface area contributed by atoms with E-state index in [0.717, 1.165) is 6.42 Å². The van der Waals surface area contributed by atoms with Gasteiger partial charge in [0.05, 0.1) is 0 Å². The standard InChI is InChI=1S/C27H40/c1-11-21(19-15-13-12-14-16-19)22-17-20(25(2,3)4)18-23(26(5,6)7)24(22)27(8,9)10/h12-18,21H,11H2,1-10H3. The summed E-state index contributed by atoms with van der Waals surface area (Å²) in [7, 11) is 0. The lowest BCUT2D eigenvalue weighted by molar-refractivity contribution is 0.512. The Morgan fingerprint density at radius 1 is 0.704 bits per heavy atom. The van der Waals surface area contributed by atoms with Crippen molar-refractivity contribution in [3.05, 3.63) is 70.3 Å². The molecule has 0 radical (unpaired) electrons. The summed E-state index contributed by atoms with van der Waals surface area (Å²) < 4.78 is 0. The van der Waals surface area contributed by atoms with E-state index in [1.54, 1.807) is 5.56 Å². The highest BCUT2D eigenvalue weighted by Gasteiger charge is 2.32. The third-order valence-electron chi connectivity index (χ3n) is 5.58. The summed E-state index contributed by atoms with van der Waals surface area (Å²) in [4.78, 5) is 0. The first-order valence-corrected chi connectivity index (χ1v) is 10.5. The van der Waals surface area contributed by atoms with Crippen LogP contribution in [0.4, 0.5) is 0 Å². The van der Waals surface area contributed by atoms with Gasteiger partial charge in [-0.05, 0) is 50.5 Å². The minimum atomic E-state index is 0.108. The Balaban J connectivity index is 2.92. The van der Waals surface area contributed by atoms with Crippen molar-refractivity contribution in [3.8, 4) is 0 Å². The van der Waals surface area contributed by atoms with Crippen LogP contribution in [0.3, 0.4) is 0 Å². The average molecular weight is 365 g/mol. The van der Waals surface area contributed by atoms with Crippen LogP contribution in [0.1, 0.15) is 109 Å². The summed E-state index contributed by atoms with van der Waals surface area (Å²) in [6.07, 6.45) is 1.12. The molecule has 2 rings (SSSR count). The van der Waals surface area contributed by atoms with Crippen molar-refractivity contribution in [2.24, 2.45) is 0 Å². The van der Waals surface area contributed by atoms with Gasteiger partial charge in [0.25, 0.3) is 0 Å². The Hall–Kier alpha value is -1.56. The van der Waals surface area contributed by atoms with E-state index >= 15 is 0 Å². The van der Waals surface area contributed by atoms with Gasteiger partial charge >= 0.3 is 0 Å². The summed E-state index contributed by atoms with van der Waals surface area (Å²) in [6.45, 7) is 23.5. The molecule has 27 heavy (non-hydrogen) atoms. The van der Waals surface area contributed by atoms with Crippen LogP contribution in [-0.2, 0) is 16.2 Å². The van der Waals surface area contributed by atoms with Crippen molar-refractivity contribution in [2.45, 2.75) is 97.8 Å². The van der Waals surface area contributed by atoms with E-state index in [-0.39, 0.29) is 16.2 Å². The lowest BCUT2D eigenvalue weighted by atomic mass is 9.68. The van der Waals surface area contributed by atoms with Crippen LogP contribution in [0.5, 0.6) is 0 Å². The Kier molecular flexibility index (Phi) is 6.00. The fourth-order valence-electron chi connectivity index (χ4n) is 4.12. The first-order valence-electron chi connectivity index (χ1n) is 10.5. The molecular weight excluding hydrogens is 324 g/mol. The van der Waals surface area contributed by atoms with Gasteiger partial charge in [0.2, 0.25) is 0 Å². The Morgan fingerprint density at radius 3 is 1.67 bits per heavy atom. The van der Waals surface area contributed by atoms with Gasteiger partial charge in [0.1, 0.15) is 0 Å². The summed E-state index contributed by atoms with van der Waals surface area (Å²) in [6, 6.07) is 16.0. The van der Waals surface area contributed by atoms with Crippen molar-refractivity contribution in [1.29, 1.82) is 0 Å². The lowest BCUT2D eigenvalue weighted by Gasteiger charge is -2.37. The molecule has 0 heterocycles. The van der Waals surface area contributed by atoms with Crippen LogP contribution in [0.15, 0.2) is 42.5 Å². The number of hydrogen-bond donors (Lipinski definition) is 0. The average Bonchev–Trinajstić information content (AvgIpc) is 2.53. The van der Waals surface area contributed by atoms with Crippen LogP contribution in [0, 0.1) is 0 Å². The molecule has 0 aromatic heterocycles. The van der Waals surface area contributed by atoms with Crippen LogP contribution in [0.25, 0.3) is 0 Å². The van der Waals surface area contributed by atoms with Crippen molar-refractivity contribution in [3.63, 3.8) is 0 Å². The smallest absolute Gasteiger partial charge is 0.00898 e. The maximum Gasteiger partial charge on any atom is 0.00898 e. The molecule has 0 nitrogen and oxygen atoms in total. The Bertz CT molecular complexity index is 759. The SMILES string of the molecule is CCC(c1ccccc1)c1cc(C(C)(C)C)cc(C(C)(C)C)c1C(C)(C)C. The van der Waals surface area contributed by atoms with E-state index in [1.807, 2.05) is 0 Å². The highest BCUT2D eigenvalue weighted by molar-refractivity contribution is 5.51. The fraction of sp³-hybridized carbons (Fsp3) is 0.556. The third kappa shape index (κ3) is 4.84. The Morgan fingerprint density at radius 2 is 1.26 bits per heavy atom. The molecular formula is C27H40. The van der Waals surface area contributed by atoms with Crippen LogP contribution in [0.2, 0.25) is 0 Å². The van der Waals surface area contributed by atoms with Gasteiger partial charge < -0.3 is 0 Å². The fourth-order valence-corrected chi connectivity index (χ4v) is 4.12. The van der Waals surface area contributed by atoms with Gasteiger partial charge in [-0.15, -0.1) is 0 Å². The molecule has 0 aliphatic rings. The topological polar surface area (TPSA) is 0 Å². The largest absolute Gasteiger partial charge is 0.0645 e. The zero-order chi connectivity index (χ0) is 20.6. The lowest BCUT2D eigenvalue weighted by Crippen LogP contribution is -2.27. The maximum atomic E-state index is 2.51. The predicted octanol–water partition coefficient (Wildman–Crippen LogP) is 8.12. The van der Waals surface area contributed by atoms with Gasteiger partial charge in [-0.1, -0.05) is 112 Å². The molecule has 0 saturated carbocycles. The van der Waals surface area contributed by atoms with Crippen LogP contribution < -0.4 is 0 Å². The zero-order valence-corrected chi connectivity index (χ0v) is 19.3. The molecule has 1 atom stereocenters. The highest BCUT2D eigenvalue weighted by atomic mass is 14.4. The first-order chi connectivity index (χ1) is 12.3. The van der Waals surface area contributed by atoms with E-state index in [9.17, 15) is 0 Å². The summed E-state index contributed by atoms with van der Waals surface area (Å²) in [5.74, 6) is 0.434. The summed E-state index contributed by atoms with van der Waals surface area (Å²) in [5.41, 5.74) is 7.81. The Labute approximate surface area is 168 Å². The van der Waals surface area contributed by atoms with Gasteiger partial charge in [0, 0.05) is 5.92 Å². The molecule has 148 valence electrons. The molecule has 0 bridgehead atoms. The highest BCUT2D eigenvalue weighted by Crippen LogP contribution is 2.44. The van der Waals surface area contributed by atoms with Crippen LogP contribution in [-0.4, -0.2) is 0 Å². The van der Waals surface area contributed by atoms with Crippen molar-refractivity contribution < 1.29 is 0 Å².